The lowest BCUT2D eigenvalue weighted by Gasteiger charge is -2.05. The fraction of sp³-hybridized carbons (Fsp3) is 0.364. The minimum absolute atomic E-state index is 0.200. The van der Waals surface area contributed by atoms with E-state index in [9.17, 15) is 13.2 Å². The van der Waals surface area contributed by atoms with Crippen molar-refractivity contribution in [2.45, 2.75) is 4.90 Å². The van der Waals surface area contributed by atoms with Crippen LogP contribution in [0, 0.1) is 0 Å². The van der Waals surface area contributed by atoms with Crippen LogP contribution in [0.25, 0.3) is 0 Å². The first-order valence-corrected chi connectivity index (χ1v) is 6.91. The number of carbonyl (C=O) groups excluding carboxylic acids is 1. The summed E-state index contributed by atoms with van der Waals surface area (Å²) in [6.45, 7) is 0.857. The third-order valence-electron chi connectivity index (χ3n) is 2.14. The fourth-order valence-corrected chi connectivity index (χ4v) is 1.85. The molecule has 5 nitrogen and oxygen atoms in total. The zero-order valence-corrected chi connectivity index (χ0v) is 10.6. The van der Waals surface area contributed by atoms with Gasteiger partial charge in [0.2, 0.25) is 0 Å². The van der Waals surface area contributed by atoms with Crippen LogP contribution in [0.5, 0.6) is 0 Å². The minimum atomic E-state index is -3.22. The normalized spacial score (nSPS) is 11.2. The second kappa shape index (κ2) is 5.79. The molecule has 0 unspecified atom stereocenters. The number of amides is 1. The highest BCUT2D eigenvalue weighted by Crippen LogP contribution is 2.10. The van der Waals surface area contributed by atoms with Crippen LogP contribution in [0.1, 0.15) is 10.4 Å². The molecule has 94 valence electrons. The van der Waals surface area contributed by atoms with Gasteiger partial charge in [-0.2, -0.15) is 0 Å². The van der Waals surface area contributed by atoms with Crippen LogP contribution >= 0.6 is 0 Å². The topological polar surface area (TPSA) is 72.5 Å². The quantitative estimate of drug-likeness (QED) is 0.778. The Morgan fingerprint density at radius 2 is 1.88 bits per heavy atom. The summed E-state index contributed by atoms with van der Waals surface area (Å²) >= 11 is 0. The van der Waals surface area contributed by atoms with E-state index in [0.29, 0.717) is 18.7 Å². The monoisotopic (exact) mass is 257 g/mol. The van der Waals surface area contributed by atoms with Crippen LogP contribution in [-0.2, 0) is 14.6 Å². The largest absolute Gasteiger partial charge is 0.383 e. The average molecular weight is 257 g/mol. The van der Waals surface area contributed by atoms with Gasteiger partial charge < -0.3 is 10.1 Å². The van der Waals surface area contributed by atoms with E-state index in [-0.39, 0.29) is 10.8 Å². The molecule has 1 rings (SSSR count). The standard InChI is InChI=1S/C11H15NO4S/c1-16-8-7-12-11(13)9-3-5-10(6-4-9)17(2,14)15/h3-6H,7-8H2,1-2H3,(H,12,13). The van der Waals surface area contributed by atoms with Gasteiger partial charge in [-0.15, -0.1) is 0 Å². The molecule has 0 saturated carbocycles. The first-order chi connectivity index (χ1) is 7.95. The number of ether oxygens (including phenoxy) is 1. The summed E-state index contributed by atoms with van der Waals surface area (Å²) in [6, 6.07) is 5.80. The molecule has 0 aliphatic heterocycles. The molecule has 1 aromatic rings. The third kappa shape index (κ3) is 4.16. The Bertz CT molecular complexity index is 479. The summed E-state index contributed by atoms with van der Waals surface area (Å²) in [5.74, 6) is -0.248. The Balaban J connectivity index is 2.71. The molecule has 0 bridgehead atoms. The predicted molar refractivity (Wildman–Crippen MR) is 63.8 cm³/mol. The molecule has 6 heteroatoms. The van der Waals surface area contributed by atoms with E-state index in [1.807, 2.05) is 0 Å². The van der Waals surface area contributed by atoms with E-state index >= 15 is 0 Å². The zero-order chi connectivity index (χ0) is 12.9. The summed E-state index contributed by atoms with van der Waals surface area (Å²) in [5.41, 5.74) is 0.425. The van der Waals surface area contributed by atoms with E-state index in [1.54, 1.807) is 7.11 Å². The van der Waals surface area contributed by atoms with Gasteiger partial charge >= 0.3 is 0 Å². The van der Waals surface area contributed by atoms with Gasteiger partial charge in [0.25, 0.3) is 5.91 Å². The molecule has 0 aromatic heterocycles. The van der Waals surface area contributed by atoms with Gasteiger partial charge in [-0.25, -0.2) is 8.42 Å². The lowest BCUT2D eigenvalue weighted by molar-refractivity contribution is 0.0937. The molecule has 1 amide bonds. The molecule has 1 aromatic carbocycles. The summed E-state index contributed by atoms with van der Waals surface area (Å²) in [6.07, 6.45) is 1.13. The molecule has 17 heavy (non-hydrogen) atoms. The Morgan fingerprint density at radius 3 is 2.35 bits per heavy atom. The van der Waals surface area contributed by atoms with Gasteiger partial charge in [0, 0.05) is 25.5 Å². The van der Waals surface area contributed by atoms with Gasteiger partial charge in [-0.3, -0.25) is 4.79 Å². The van der Waals surface area contributed by atoms with E-state index in [4.69, 9.17) is 4.74 Å². The molecule has 1 N–H and O–H groups in total. The average Bonchev–Trinajstić information content (AvgIpc) is 2.28. The molecular formula is C11H15NO4S. The van der Waals surface area contributed by atoms with E-state index in [0.717, 1.165) is 6.26 Å². The Labute approximate surface area is 101 Å². The van der Waals surface area contributed by atoms with Crippen LogP contribution in [0.3, 0.4) is 0 Å². The van der Waals surface area contributed by atoms with Gasteiger partial charge in [-0.1, -0.05) is 0 Å². The lowest BCUT2D eigenvalue weighted by Crippen LogP contribution is -2.26. The second-order valence-electron chi connectivity index (χ2n) is 3.55. The lowest BCUT2D eigenvalue weighted by atomic mass is 10.2. The molecule has 0 atom stereocenters. The number of carbonyl (C=O) groups is 1. The summed E-state index contributed by atoms with van der Waals surface area (Å²) in [7, 11) is -1.67. The van der Waals surface area contributed by atoms with Crippen LogP contribution < -0.4 is 5.32 Å². The summed E-state index contributed by atoms with van der Waals surface area (Å²) in [4.78, 5) is 11.8. The van der Waals surface area contributed by atoms with Crippen molar-refractivity contribution in [1.29, 1.82) is 0 Å². The van der Waals surface area contributed by atoms with Crippen molar-refractivity contribution < 1.29 is 17.9 Å². The smallest absolute Gasteiger partial charge is 0.251 e. The van der Waals surface area contributed by atoms with Crippen molar-refractivity contribution >= 4 is 15.7 Å². The Morgan fingerprint density at radius 1 is 1.29 bits per heavy atom. The van der Waals surface area contributed by atoms with Crippen molar-refractivity contribution in [3.63, 3.8) is 0 Å². The highest BCUT2D eigenvalue weighted by molar-refractivity contribution is 7.90. The second-order valence-corrected chi connectivity index (χ2v) is 5.56. The van der Waals surface area contributed by atoms with E-state index in [1.165, 1.54) is 24.3 Å². The van der Waals surface area contributed by atoms with Crippen molar-refractivity contribution in [1.82, 2.24) is 5.32 Å². The van der Waals surface area contributed by atoms with Gasteiger partial charge in [0.1, 0.15) is 0 Å². The number of hydrogen-bond acceptors (Lipinski definition) is 4. The number of methoxy groups -OCH3 is 1. The Hall–Kier alpha value is -1.40. The zero-order valence-electron chi connectivity index (χ0n) is 9.76. The van der Waals surface area contributed by atoms with Crippen LogP contribution in [0.15, 0.2) is 29.2 Å². The molecule has 0 radical (unpaired) electrons. The molecule has 0 aliphatic carbocycles. The molecule has 0 heterocycles. The summed E-state index contributed by atoms with van der Waals surface area (Å²) < 4.78 is 27.2. The van der Waals surface area contributed by atoms with Crippen LogP contribution in [0.4, 0.5) is 0 Å². The fourth-order valence-electron chi connectivity index (χ4n) is 1.22. The first-order valence-electron chi connectivity index (χ1n) is 5.02. The van der Waals surface area contributed by atoms with Crippen molar-refractivity contribution in [3.8, 4) is 0 Å². The number of sulfone groups is 1. The van der Waals surface area contributed by atoms with E-state index in [2.05, 4.69) is 5.32 Å². The molecular weight excluding hydrogens is 242 g/mol. The Kier molecular flexibility index (Phi) is 4.65. The highest BCUT2D eigenvalue weighted by Gasteiger charge is 2.09. The van der Waals surface area contributed by atoms with Gasteiger partial charge in [-0.05, 0) is 24.3 Å². The highest BCUT2D eigenvalue weighted by atomic mass is 32.2. The predicted octanol–water partition coefficient (Wildman–Crippen LogP) is 0.466. The van der Waals surface area contributed by atoms with Crippen LogP contribution in [0.2, 0.25) is 0 Å². The maximum Gasteiger partial charge on any atom is 0.251 e. The van der Waals surface area contributed by atoms with Crippen molar-refractivity contribution in [2.75, 3.05) is 26.5 Å². The number of benzene rings is 1. The van der Waals surface area contributed by atoms with E-state index < -0.39 is 9.84 Å². The van der Waals surface area contributed by atoms with Gasteiger partial charge in [0.05, 0.1) is 11.5 Å². The van der Waals surface area contributed by atoms with Crippen molar-refractivity contribution in [3.05, 3.63) is 29.8 Å². The molecule has 0 aliphatic rings. The van der Waals surface area contributed by atoms with Crippen LogP contribution in [-0.4, -0.2) is 40.8 Å². The first kappa shape index (κ1) is 13.7. The number of rotatable bonds is 5. The number of hydrogen-bond donors (Lipinski definition) is 1. The van der Waals surface area contributed by atoms with Gasteiger partial charge in [0.15, 0.2) is 9.84 Å². The molecule has 0 fully saturated rings. The summed E-state index contributed by atoms with van der Waals surface area (Å²) in [5, 5.41) is 2.64. The minimum Gasteiger partial charge on any atom is -0.383 e. The number of nitrogens with one attached hydrogen (secondary N) is 1. The SMILES string of the molecule is COCCNC(=O)c1ccc(S(C)(=O)=O)cc1. The molecule has 0 spiro atoms. The maximum absolute atomic E-state index is 11.6. The third-order valence-corrected chi connectivity index (χ3v) is 3.26. The molecule has 0 saturated heterocycles. The van der Waals surface area contributed by atoms with Crippen molar-refractivity contribution in [2.24, 2.45) is 0 Å². The maximum atomic E-state index is 11.6.